The van der Waals surface area contributed by atoms with E-state index in [-0.39, 0.29) is 12.1 Å². The van der Waals surface area contributed by atoms with E-state index >= 15 is 0 Å². The van der Waals surface area contributed by atoms with E-state index in [9.17, 15) is 5.11 Å². The van der Waals surface area contributed by atoms with Crippen LogP contribution >= 0.6 is 0 Å². The average Bonchev–Trinajstić information content (AvgIpc) is 2.36. The van der Waals surface area contributed by atoms with Crippen molar-refractivity contribution < 1.29 is 5.11 Å². The van der Waals surface area contributed by atoms with Crippen LogP contribution in [0.1, 0.15) is 38.7 Å². The number of anilines is 1. The molecule has 1 aromatic carbocycles. The molecule has 2 rings (SSSR count). The molecule has 18 heavy (non-hydrogen) atoms. The fourth-order valence-corrected chi connectivity index (χ4v) is 3.14. The van der Waals surface area contributed by atoms with Crippen LogP contribution in [0, 0.1) is 18.8 Å². The second-order valence-electron chi connectivity index (χ2n) is 6.03. The summed E-state index contributed by atoms with van der Waals surface area (Å²) in [5.41, 5.74) is 2.27. The Kier molecular flexibility index (Phi) is 3.96. The highest BCUT2D eigenvalue weighted by molar-refractivity contribution is 5.52. The van der Waals surface area contributed by atoms with Crippen molar-refractivity contribution in [3.63, 3.8) is 0 Å². The molecule has 0 saturated heterocycles. The summed E-state index contributed by atoms with van der Waals surface area (Å²) in [6.45, 7) is 6.90. The van der Waals surface area contributed by atoms with Gasteiger partial charge >= 0.3 is 0 Å². The quantitative estimate of drug-likeness (QED) is 0.855. The SMILES string of the molecule is Cc1ccccc1NC1(CO)CCC(C)CC1C. The predicted molar refractivity (Wildman–Crippen MR) is 76.8 cm³/mol. The van der Waals surface area contributed by atoms with Gasteiger partial charge in [-0.1, -0.05) is 32.0 Å². The molecule has 2 heteroatoms. The molecule has 1 aromatic rings. The van der Waals surface area contributed by atoms with Crippen molar-refractivity contribution in [3.8, 4) is 0 Å². The maximum atomic E-state index is 9.89. The number of para-hydroxylation sites is 1. The summed E-state index contributed by atoms with van der Waals surface area (Å²) < 4.78 is 0. The van der Waals surface area contributed by atoms with Crippen LogP contribution in [0.2, 0.25) is 0 Å². The van der Waals surface area contributed by atoms with E-state index in [1.54, 1.807) is 0 Å². The summed E-state index contributed by atoms with van der Waals surface area (Å²) in [4.78, 5) is 0. The number of hydrogen-bond donors (Lipinski definition) is 2. The van der Waals surface area contributed by atoms with Crippen molar-refractivity contribution in [3.05, 3.63) is 29.8 Å². The average molecular weight is 247 g/mol. The predicted octanol–water partition coefficient (Wildman–Crippen LogP) is 3.59. The fourth-order valence-electron chi connectivity index (χ4n) is 3.14. The van der Waals surface area contributed by atoms with Gasteiger partial charge in [-0.2, -0.15) is 0 Å². The van der Waals surface area contributed by atoms with Crippen molar-refractivity contribution in [2.75, 3.05) is 11.9 Å². The van der Waals surface area contributed by atoms with Gasteiger partial charge in [0.05, 0.1) is 12.1 Å². The first kappa shape index (κ1) is 13.4. The molecule has 3 unspecified atom stereocenters. The van der Waals surface area contributed by atoms with Gasteiger partial charge in [-0.25, -0.2) is 0 Å². The van der Waals surface area contributed by atoms with Crippen molar-refractivity contribution >= 4 is 5.69 Å². The van der Waals surface area contributed by atoms with E-state index < -0.39 is 0 Å². The molecule has 1 aliphatic rings. The van der Waals surface area contributed by atoms with Crippen molar-refractivity contribution in [1.29, 1.82) is 0 Å². The minimum Gasteiger partial charge on any atom is -0.394 e. The van der Waals surface area contributed by atoms with Crippen LogP contribution in [0.15, 0.2) is 24.3 Å². The molecule has 2 N–H and O–H groups in total. The van der Waals surface area contributed by atoms with Crippen molar-refractivity contribution in [1.82, 2.24) is 0 Å². The lowest BCUT2D eigenvalue weighted by molar-refractivity contribution is 0.106. The Hall–Kier alpha value is -1.02. The Morgan fingerprint density at radius 3 is 2.67 bits per heavy atom. The third-order valence-corrected chi connectivity index (χ3v) is 4.59. The molecule has 100 valence electrons. The standard InChI is InChI=1S/C16H25NO/c1-12-8-9-16(11-18,14(3)10-12)17-15-7-5-4-6-13(15)2/h4-7,12,14,17-18H,8-11H2,1-3H3. The first-order chi connectivity index (χ1) is 8.57. The molecule has 3 atom stereocenters. The van der Waals surface area contributed by atoms with Gasteiger partial charge in [0.2, 0.25) is 0 Å². The summed E-state index contributed by atoms with van der Waals surface area (Å²) in [5, 5.41) is 13.5. The maximum Gasteiger partial charge on any atom is 0.0664 e. The van der Waals surface area contributed by atoms with Crippen LogP contribution < -0.4 is 5.32 Å². The molecule has 0 radical (unpaired) electrons. The normalized spacial score (nSPS) is 32.2. The summed E-state index contributed by atoms with van der Waals surface area (Å²) in [6.07, 6.45) is 3.45. The van der Waals surface area contributed by atoms with Crippen LogP contribution in [-0.4, -0.2) is 17.3 Å². The molecular formula is C16H25NO. The monoisotopic (exact) mass is 247 g/mol. The van der Waals surface area contributed by atoms with E-state index in [2.05, 4.69) is 50.4 Å². The molecule has 1 saturated carbocycles. The number of aliphatic hydroxyl groups is 1. The van der Waals surface area contributed by atoms with Crippen LogP contribution in [-0.2, 0) is 0 Å². The van der Waals surface area contributed by atoms with Gasteiger partial charge in [0.1, 0.15) is 0 Å². The van der Waals surface area contributed by atoms with Crippen molar-refractivity contribution in [2.45, 2.75) is 45.6 Å². The molecule has 0 bridgehead atoms. The van der Waals surface area contributed by atoms with Crippen LogP contribution in [0.4, 0.5) is 5.69 Å². The van der Waals surface area contributed by atoms with Gasteiger partial charge in [-0.15, -0.1) is 0 Å². The van der Waals surface area contributed by atoms with Gasteiger partial charge in [0, 0.05) is 5.69 Å². The smallest absolute Gasteiger partial charge is 0.0664 e. The molecule has 1 aliphatic carbocycles. The van der Waals surface area contributed by atoms with E-state index in [0.29, 0.717) is 5.92 Å². The van der Waals surface area contributed by atoms with Gasteiger partial charge in [-0.05, 0) is 49.7 Å². The van der Waals surface area contributed by atoms with Gasteiger partial charge in [0.25, 0.3) is 0 Å². The molecule has 0 heterocycles. The van der Waals surface area contributed by atoms with Crippen molar-refractivity contribution in [2.24, 2.45) is 11.8 Å². The third kappa shape index (κ3) is 2.54. The highest BCUT2D eigenvalue weighted by Gasteiger charge is 2.39. The van der Waals surface area contributed by atoms with E-state index in [1.807, 2.05) is 0 Å². The fraction of sp³-hybridized carbons (Fsp3) is 0.625. The second-order valence-corrected chi connectivity index (χ2v) is 6.03. The molecule has 0 aromatic heterocycles. The van der Waals surface area contributed by atoms with Gasteiger partial charge in [-0.3, -0.25) is 0 Å². The molecule has 0 amide bonds. The Morgan fingerprint density at radius 2 is 2.06 bits per heavy atom. The molecule has 2 nitrogen and oxygen atoms in total. The van der Waals surface area contributed by atoms with E-state index in [0.717, 1.165) is 18.0 Å². The van der Waals surface area contributed by atoms with Crippen LogP contribution in [0.5, 0.6) is 0 Å². The summed E-state index contributed by atoms with van der Waals surface area (Å²) >= 11 is 0. The second kappa shape index (κ2) is 5.31. The lowest BCUT2D eigenvalue weighted by Gasteiger charge is -2.45. The maximum absolute atomic E-state index is 9.89. The van der Waals surface area contributed by atoms with Gasteiger partial charge < -0.3 is 10.4 Å². The number of benzene rings is 1. The van der Waals surface area contributed by atoms with E-state index in [4.69, 9.17) is 0 Å². The number of nitrogens with one attached hydrogen (secondary N) is 1. The zero-order valence-corrected chi connectivity index (χ0v) is 11.7. The minimum atomic E-state index is -0.140. The first-order valence-electron chi connectivity index (χ1n) is 7.02. The minimum absolute atomic E-state index is 0.140. The molecule has 0 aliphatic heterocycles. The van der Waals surface area contributed by atoms with Crippen LogP contribution in [0.25, 0.3) is 0 Å². The number of rotatable bonds is 3. The Labute approximate surface area is 110 Å². The largest absolute Gasteiger partial charge is 0.394 e. The highest BCUT2D eigenvalue weighted by atomic mass is 16.3. The topological polar surface area (TPSA) is 32.3 Å². The molecule has 0 spiro atoms. The zero-order chi connectivity index (χ0) is 13.2. The molecular weight excluding hydrogens is 222 g/mol. The number of hydrogen-bond acceptors (Lipinski definition) is 2. The Morgan fingerprint density at radius 1 is 1.33 bits per heavy atom. The van der Waals surface area contributed by atoms with Gasteiger partial charge in [0.15, 0.2) is 0 Å². The number of aryl methyl sites for hydroxylation is 1. The Bertz CT molecular complexity index is 404. The molecule has 1 fully saturated rings. The lowest BCUT2D eigenvalue weighted by atomic mass is 9.70. The highest BCUT2D eigenvalue weighted by Crippen LogP contribution is 2.39. The number of aliphatic hydroxyl groups excluding tert-OH is 1. The zero-order valence-electron chi connectivity index (χ0n) is 11.7. The lowest BCUT2D eigenvalue weighted by Crippen LogP contribution is -2.51. The first-order valence-corrected chi connectivity index (χ1v) is 7.02. The Balaban J connectivity index is 2.21. The van der Waals surface area contributed by atoms with Crippen LogP contribution in [0.3, 0.4) is 0 Å². The van der Waals surface area contributed by atoms with E-state index in [1.165, 1.54) is 18.4 Å². The summed E-state index contributed by atoms with van der Waals surface area (Å²) in [7, 11) is 0. The summed E-state index contributed by atoms with van der Waals surface area (Å²) in [6, 6.07) is 8.33. The third-order valence-electron chi connectivity index (χ3n) is 4.59. The summed E-state index contributed by atoms with van der Waals surface area (Å²) in [5.74, 6) is 1.28.